The molecule has 0 aliphatic rings. The molecule has 0 spiro atoms. The van der Waals surface area contributed by atoms with Gasteiger partial charge in [-0.3, -0.25) is 19.7 Å². The molecule has 0 aromatic heterocycles. The molecule has 0 aliphatic heterocycles. The molecule has 172 valence electrons. The van der Waals surface area contributed by atoms with Crippen LogP contribution in [-0.4, -0.2) is 37.5 Å². The molecular formula is C21H24ClN3O6S. The van der Waals surface area contributed by atoms with Crippen LogP contribution in [0, 0.1) is 16.0 Å². The second-order valence-electron chi connectivity index (χ2n) is 7.69. The van der Waals surface area contributed by atoms with Crippen LogP contribution in [0.1, 0.15) is 42.7 Å². The Labute approximate surface area is 191 Å². The highest BCUT2D eigenvalue weighted by atomic mass is 35.5. The first-order chi connectivity index (χ1) is 14.8. The lowest BCUT2D eigenvalue weighted by Gasteiger charge is -2.24. The summed E-state index contributed by atoms with van der Waals surface area (Å²) in [6.45, 7) is 5.23. The van der Waals surface area contributed by atoms with E-state index in [4.69, 9.17) is 11.6 Å². The van der Waals surface area contributed by atoms with Crippen molar-refractivity contribution in [2.75, 3.05) is 6.26 Å². The summed E-state index contributed by atoms with van der Waals surface area (Å²) >= 11 is 5.78. The first-order valence-corrected chi connectivity index (χ1v) is 11.9. The standard InChI is InChI=1S/C21H24ClN3O6S/c1-12(2)19(24-20(26)15-7-10-17(22)18(11-15)25(28)29)21(27)23-13(3)14-5-8-16(9-6-14)32(4,30)31/h5-13,19H,1-4H3,(H,23,27)(H,24,26)/t13?,19-/m0/s1. The van der Waals surface area contributed by atoms with Gasteiger partial charge < -0.3 is 10.6 Å². The minimum Gasteiger partial charge on any atom is -0.348 e. The van der Waals surface area contributed by atoms with E-state index in [-0.39, 0.29) is 21.4 Å². The molecule has 0 aliphatic carbocycles. The normalized spacial score (nSPS) is 13.3. The average Bonchev–Trinajstić information content (AvgIpc) is 2.70. The average molecular weight is 482 g/mol. The maximum atomic E-state index is 12.8. The van der Waals surface area contributed by atoms with Crippen LogP contribution < -0.4 is 10.6 Å². The zero-order valence-corrected chi connectivity index (χ0v) is 19.5. The fourth-order valence-electron chi connectivity index (χ4n) is 2.94. The largest absolute Gasteiger partial charge is 0.348 e. The lowest BCUT2D eigenvalue weighted by Crippen LogP contribution is -2.50. The van der Waals surface area contributed by atoms with Crippen LogP contribution in [0.5, 0.6) is 0 Å². The van der Waals surface area contributed by atoms with E-state index in [1.54, 1.807) is 32.9 Å². The number of nitro benzene ring substituents is 1. The summed E-state index contributed by atoms with van der Waals surface area (Å²) in [5.74, 6) is -1.37. The number of rotatable bonds is 8. The van der Waals surface area contributed by atoms with E-state index in [9.17, 15) is 28.1 Å². The molecule has 0 saturated carbocycles. The van der Waals surface area contributed by atoms with Gasteiger partial charge in [-0.15, -0.1) is 0 Å². The molecule has 0 saturated heterocycles. The fraction of sp³-hybridized carbons (Fsp3) is 0.333. The molecule has 9 nitrogen and oxygen atoms in total. The summed E-state index contributed by atoms with van der Waals surface area (Å²) < 4.78 is 23.2. The number of carbonyl (C=O) groups excluding carboxylic acids is 2. The van der Waals surface area contributed by atoms with Crippen LogP contribution in [0.25, 0.3) is 0 Å². The molecule has 0 heterocycles. The summed E-state index contributed by atoms with van der Waals surface area (Å²) in [4.78, 5) is 36.0. The SMILES string of the molecule is CC(NC(=O)[C@@H](NC(=O)c1ccc(Cl)c([N+](=O)[O-])c1)C(C)C)c1ccc(S(C)(=O)=O)cc1. The van der Waals surface area contributed by atoms with Gasteiger partial charge in [0, 0.05) is 17.9 Å². The number of hydrogen-bond acceptors (Lipinski definition) is 6. The highest BCUT2D eigenvalue weighted by molar-refractivity contribution is 7.90. The highest BCUT2D eigenvalue weighted by Crippen LogP contribution is 2.25. The summed E-state index contributed by atoms with van der Waals surface area (Å²) in [6.07, 6.45) is 1.11. The van der Waals surface area contributed by atoms with E-state index in [2.05, 4.69) is 10.6 Å². The molecule has 2 N–H and O–H groups in total. The minimum absolute atomic E-state index is 0.00367. The maximum Gasteiger partial charge on any atom is 0.288 e. The van der Waals surface area contributed by atoms with Crippen molar-refractivity contribution in [3.8, 4) is 0 Å². The first-order valence-electron chi connectivity index (χ1n) is 9.66. The van der Waals surface area contributed by atoms with Crippen molar-refractivity contribution in [2.45, 2.75) is 37.8 Å². The van der Waals surface area contributed by atoms with Gasteiger partial charge in [0.25, 0.3) is 11.6 Å². The molecule has 2 aromatic carbocycles. The van der Waals surface area contributed by atoms with Crippen molar-refractivity contribution < 1.29 is 22.9 Å². The Hall–Kier alpha value is -2.98. The zero-order chi connectivity index (χ0) is 24.2. The topological polar surface area (TPSA) is 135 Å². The lowest BCUT2D eigenvalue weighted by atomic mass is 10.0. The Morgan fingerprint density at radius 3 is 2.12 bits per heavy atom. The fourth-order valence-corrected chi connectivity index (χ4v) is 3.76. The van der Waals surface area contributed by atoms with Crippen LogP contribution in [0.15, 0.2) is 47.4 Å². The molecule has 2 amide bonds. The van der Waals surface area contributed by atoms with Gasteiger partial charge in [0.05, 0.1) is 15.9 Å². The van der Waals surface area contributed by atoms with E-state index < -0.39 is 44.3 Å². The number of nitro groups is 1. The Morgan fingerprint density at radius 1 is 1.03 bits per heavy atom. The van der Waals surface area contributed by atoms with Crippen LogP contribution in [0.2, 0.25) is 5.02 Å². The third-order valence-corrected chi connectivity index (χ3v) is 6.26. The third-order valence-electron chi connectivity index (χ3n) is 4.81. The monoisotopic (exact) mass is 481 g/mol. The van der Waals surface area contributed by atoms with Gasteiger partial charge in [-0.1, -0.05) is 37.6 Å². The quantitative estimate of drug-likeness (QED) is 0.438. The van der Waals surface area contributed by atoms with Crippen molar-refractivity contribution in [3.63, 3.8) is 0 Å². The van der Waals surface area contributed by atoms with Gasteiger partial charge in [0.2, 0.25) is 5.91 Å². The van der Waals surface area contributed by atoms with Gasteiger partial charge in [0.1, 0.15) is 11.1 Å². The number of sulfone groups is 1. The van der Waals surface area contributed by atoms with E-state index in [0.29, 0.717) is 5.56 Å². The van der Waals surface area contributed by atoms with Crippen molar-refractivity contribution in [1.82, 2.24) is 10.6 Å². The van der Waals surface area contributed by atoms with Gasteiger partial charge in [-0.25, -0.2) is 8.42 Å². The van der Waals surface area contributed by atoms with E-state index >= 15 is 0 Å². The van der Waals surface area contributed by atoms with Crippen LogP contribution in [-0.2, 0) is 14.6 Å². The number of carbonyl (C=O) groups is 2. The van der Waals surface area contributed by atoms with Crippen LogP contribution in [0.3, 0.4) is 0 Å². The smallest absolute Gasteiger partial charge is 0.288 e. The van der Waals surface area contributed by atoms with Gasteiger partial charge in [-0.05, 0) is 42.7 Å². The number of hydrogen-bond donors (Lipinski definition) is 2. The molecule has 11 heteroatoms. The minimum atomic E-state index is -3.33. The van der Waals surface area contributed by atoms with E-state index in [1.807, 2.05) is 0 Å². The van der Waals surface area contributed by atoms with Crippen molar-refractivity contribution >= 4 is 38.9 Å². The van der Waals surface area contributed by atoms with Gasteiger partial charge in [-0.2, -0.15) is 0 Å². The Balaban J connectivity index is 2.15. The molecule has 32 heavy (non-hydrogen) atoms. The molecule has 1 unspecified atom stereocenters. The number of nitrogens with one attached hydrogen (secondary N) is 2. The van der Waals surface area contributed by atoms with Crippen LogP contribution >= 0.6 is 11.6 Å². The second kappa shape index (κ2) is 10.1. The van der Waals surface area contributed by atoms with E-state index in [0.717, 1.165) is 12.3 Å². The number of amides is 2. The summed E-state index contributed by atoms with van der Waals surface area (Å²) in [7, 11) is -3.33. The van der Waals surface area contributed by atoms with Crippen molar-refractivity contribution in [3.05, 3.63) is 68.7 Å². The number of benzene rings is 2. The summed E-state index contributed by atoms with van der Waals surface area (Å²) in [6, 6.07) is 8.42. The first kappa shape index (κ1) is 25.3. The highest BCUT2D eigenvalue weighted by Gasteiger charge is 2.27. The van der Waals surface area contributed by atoms with Crippen molar-refractivity contribution in [1.29, 1.82) is 0 Å². The molecule has 0 radical (unpaired) electrons. The molecule has 2 atom stereocenters. The molecule has 0 bridgehead atoms. The van der Waals surface area contributed by atoms with Crippen molar-refractivity contribution in [2.24, 2.45) is 5.92 Å². The Morgan fingerprint density at radius 2 is 1.62 bits per heavy atom. The molecule has 0 fully saturated rings. The second-order valence-corrected chi connectivity index (χ2v) is 10.1. The summed E-state index contributed by atoms with van der Waals surface area (Å²) in [5, 5.41) is 16.4. The Kier molecular flexibility index (Phi) is 7.97. The van der Waals surface area contributed by atoms with Gasteiger partial charge >= 0.3 is 0 Å². The lowest BCUT2D eigenvalue weighted by molar-refractivity contribution is -0.384. The van der Waals surface area contributed by atoms with E-state index in [1.165, 1.54) is 24.3 Å². The summed E-state index contributed by atoms with van der Waals surface area (Å²) in [5.41, 5.74) is 0.285. The van der Waals surface area contributed by atoms with Gasteiger partial charge in [0.15, 0.2) is 9.84 Å². The Bertz CT molecular complexity index is 1130. The zero-order valence-electron chi connectivity index (χ0n) is 18.0. The molecular weight excluding hydrogens is 458 g/mol. The van der Waals surface area contributed by atoms with Crippen LogP contribution in [0.4, 0.5) is 5.69 Å². The number of halogens is 1. The predicted octanol–water partition coefficient (Wildman–Crippen LogP) is 3.28. The predicted molar refractivity (Wildman–Crippen MR) is 120 cm³/mol. The number of nitrogens with zero attached hydrogens (tertiary/aromatic N) is 1. The molecule has 2 rings (SSSR count). The molecule has 2 aromatic rings. The maximum absolute atomic E-state index is 12.8. The third kappa shape index (κ3) is 6.27.